The Labute approximate surface area is 124 Å². The number of nitrogens with one attached hydrogen (secondary N) is 1. The summed E-state index contributed by atoms with van der Waals surface area (Å²) in [6, 6.07) is 5.46. The molecule has 0 aromatic carbocycles. The van der Waals surface area contributed by atoms with Gasteiger partial charge in [-0.2, -0.15) is 0 Å². The first kappa shape index (κ1) is 14.9. The lowest BCUT2D eigenvalue weighted by Gasteiger charge is -2.19. The number of amides is 1. The van der Waals surface area contributed by atoms with Gasteiger partial charge in [-0.15, -0.1) is 0 Å². The van der Waals surface area contributed by atoms with Crippen molar-refractivity contribution in [3.63, 3.8) is 0 Å². The standard InChI is InChI=1S/C15H19N5O/c1-3-20(4-2)14-8-13(18-11-19-14)15(21)17-10-12-6-5-7-16-9-12/h5-9,11H,3-4,10H2,1-2H3,(H,17,21). The van der Waals surface area contributed by atoms with Crippen molar-refractivity contribution in [3.8, 4) is 0 Å². The average Bonchev–Trinajstić information content (AvgIpc) is 2.55. The summed E-state index contributed by atoms with van der Waals surface area (Å²) in [5.41, 5.74) is 1.32. The maximum absolute atomic E-state index is 12.1. The van der Waals surface area contributed by atoms with Gasteiger partial charge in [-0.25, -0.2) is 9.97 Å². The Morgan fingerprint density at radius 3 is 2.76 bits per heavy atom. The van der Waals surface area contributed by atoms with Crippen molar-refractivity contribution in [1.29, 1.82) is 0 Å². The van der Waals surface area contributed by atoms with Crippen LogP contribution < -0.4 is 10.2 Å². The second kappa shape index (κ2) is 7.33. The fraction of sp³-hybridized carbons (Fsp3) is 0.333. The highest BCUT2D eigenvalue weighted by atomic mass is 16.1. The molecule has 0 aliphatic heterocycles. The van der Waals surface area contributed by atoms with Crippen LogP contribution in [-0.4, -0.2) is 33.9 Å². The summed E-state index contributed by atoms with van der Waals surface area (Å²) in [7, 11) is 0. The molecule has 0 fully saturated rings. The van der Waals surface area contributed by atoms with Crippen LogP contribution in [0.25, 0.3) is 0 Å². The van der Waals surface area contributed by atoms with Gasteiger partial charge in [0.2, 0.25) is 0 Å². The summed E-state index contributed by atoms with van der Waals surface area (Å²) >= 11 is 0. The van der Waals surface area contributed by atoms with E-state index < -0.39 is 0 Å². The van der Waals surface area contributed by atoms with Crippen LogP contribution in [0.4, 0.5) is 5.82 Å². The van der Waals surface area contributed by atoms with Gasteiger partial charge in [-0.05, 0) is 25.5 Å². The Hall–Kier alpha value is -2.50. The average molecular weight is 285 g/mol. The summed E-state index contributed by atoms with van der Waals surface area (Å²) in [6.07, 6.45) is 4.85. The van der Waals surface area contributed by atoms with E-state index in [1.54, 1.807) is 18.5 Å². The highest BCUT2D eigenvalue weighted by molar-refractivity contribution is 5.92. The van der Waals surface area contributed by atoms with Crippen LogP contribution in [0, 0.1) is 0 Å². The largest absolute Gasteiger partial charge is 0.357 e. The van der Waals surface area contributed by atoms with Gasteiger partial charge in [0.05, 0.1) is 0 Å². The summed E-state index contributed by atoms with van der Waals surface area (Å²) in [5.74, 6) is 0.552. The zero-order valence-electron chi connectivity index (χ0n) is 12.3. The minimum Gasteiger partial charge on any atom is -0.357 e. The Balaban J connectivity index is 2.04. The van der Waals surface area contributed by atoms with Gasteiger partial charge < -0.3 is 10.2 Å². The molecule has 1 N–H and O–H groups in total. The van der Waals surface area contributed by atoms with E-state index >= 15 is 0 Å². The van der Waals surface area contributed by atoms with Crippen LogP contribution in [0.15, 0.2) is 36.9 Å². The lowest BCUT2D eigenvalue weighted by molar-refractivity contribution is 0.0945. The predicted molar refractivity (Wildman–Crippen MR) is 81.0 cm³/mol. The number of carbonyl (C=O) groups is 1. The van der Waals surface area contributed by atoms with Gasteiger partial charge in [0.15, 0.2) is 0 Å². The molecule has 0 saturated carbocycles. The van der Waals surface area contributed by atoms with E-state index in [1.165, 1.54) is 6.33 Å². The third-order valence-electron chi connectivity index (χ3n) is 3.15. The molecule has 110 valence electrons. The van der Waals surface area contributed by atoms with Crippen molar-refractivity contribution in [2.45, 2.75) is 20.4 Å². The van der Waals surface area contributed by atoms with E-state index in [4.69, 9.17) is 0 Å². The zero-order valence-corrected chi connectivity index (χ0v) is 12.3. The van der Waals surface area contributed by atoms with Crippen LogP contribution in [0.3, 0.4) is 0 Å². The number of anilines is 1. The maximum atomic E-state index is 12.1. The second-order valence-corrected chi connectivity index (χ2v) is 4.48. The number of hydrogen-bond donors (Lipinski definition) is 1. The molecule has 2 rings (SSSR count). The lowest BCUT2D eigenvalue weighted by atomic mass is 10.2. The minimum atomic E-state index is -0.213. The molecule has 0 aliphatic carbocycles. The number of carbonyl (C=O) groups excluding carboxylic acids is 1. The number of pyridine rings is 1. The molecule has 1 amide bonds. The van der Waals surface area contributed by atoms with Crippen molar-refractivity contribution < 1.29 is 4.79 Å². The molecule has 0 bridgehead atoms. The van der Waals surface area contributed by atoms with Gasteiger partial charge in [-0.3, -0.25) is 9.78 Å². The fourth-order valence-electron chi connectivity index (χ4n) is 1.97. The van der Waals surface area contributed by atoms with Gasteiger partial charge in [0, 0.05) is 38.1 Å². The van der Waals surface area contributed by atoms with Crippen LogP contribution in [0.1, 0.15) is 29.9 Å². The Morgan fingerprint density at radius 2 is 2.10 bits per heavy atom. The molecule has 0 atom stereocenters. The maximum Gasteiger partial charge on any atom is 0.270 e. The van der Waals surface area contributed by atoms with E-state index in [9.17, 15) is 4.79 Å². The molecule has 2 aromatic heterocycles. The summed E-state index contributed by atoms with van der Waals surface area (Å²) < 4.78 is 0. The summed E-state index contributed by atoms with van der Waals surface area (Å²) in [6.45, 7) is 6.20. The third-order valence-corrected chi connectivity index (χ3v) is 3.15. The van der Waals surface area contributed by atoms with Crippen molar-refractivity contribution >= 4 is 11.7 Å². The molecule has 0 unspecified atom stereocenters. The quantitative estimate of drug-likeness (QED) is 0.873. The smallest absolute Gasteiger partial charge is 0.270 e. The fourth-order valence-corrected chi connectivity index (χ4v) is 1.97. The normalized spacial score (nSPS) is 10.2. The Bertz CT molecular complexity index is 584. The topological polar surface area (TPSA) is 71.0 Å². The van der Waals surface area contributed by atoms with E-state index in [2.05, 4.69) is 25.2 Å². The molecule has 2 aromatic rings. The molecule has 0 aliphatic rings. The van der Waals surface area contributed by atoms with Gasteiger partial charge in [-0.1, -0.05) is 6.07 Å². The predicted octanol–water partition coefficient (Wildman–Crippen LogP) is 1.65. The third kappa shape index (κ3) is 3.98. The molecule has 0 radical (unpaired) electrons. The number of nitrogens with zero attached hydrogens (tertiary/aromatic N) is 4. The number of aromatic nitrogens is 3. The van der Waals surface area contributed by atoms with Crippen LogP contribution in [0.2, 0.25) is 0 Å². The van der Waals surface area contributed by atoms with Crippen LogP contribution in [0.5, 0.6) is 0 Å². The van der Waals surface area contributed by atoms with E-state index in [0.29, 0.717) is 12.2 Å². The number of hydrogen-bond acceptors (Lipinski definition) is 5. The monoisotopic (exact) mass is 285 g/mol. The highest BCUT2D eigenvalue weighted by Crippen LogP contribution is 2.10. The van der Waals surface area contributed by atoms with E-state index in [-0.39, 0.29) is 5.91 Å². The van der Waals surface area contributed by atoms with Crippen molar-refractivity contribution in [2.24, 2.45) is 0 Å². The first-order chi connectivity index (χ1) is 10.2. The summed E-state index contributed by atoms with van der Waals surface area (Å²) in [5, 5.41) is 2.83. The Kier molecular flexibility index (Phi) is 5.20. The molecular formula is C15H19N5O. The Morgan fingerprint density at radius 1 is 1.29 bits per heavy atom. The lowest BCUT2D eigenvalue weighted by Crippen LogP contribution is -2.26. The van der Waals surface area contributed by atoms with Gasteiger partial charge in [0.1, 0.15) is 17.8 Å². The second-order valence-electron chi connectivity index (χ2n) is 4.48. The molecule has 6 nitrogen and oxygen atoms in total. The molecule has 0 spiro atoms. The van der Waals surface area contributed by atoms with Gasteiger partial charge >= 0.3 is 0 Å². The van der Waals surface area contributed by atoms with Crippen molar-refractivity contribution in [3.05, 3.63) is 48.2 Å². The van der Waals surface area contributed by atoms with Crippen molar-refractivity contribution in [2.75, 3.05) is 18.0 Å². The molecule has 21 heavy (non-hydrogen) atoms. The minimum absolute atomic E-state index is 0.213. The molecule has 6 heteroatoms. The molecule has 0 saturated heterocycles. The first-order valence-corrected chi connectivity index (χ1v) is 6.98. The van der Waals surface area contributed by atoms with Crippen LogP contribution >= 0.6 is 0 Å². The summed E-state index contributed by atoms with van der Waals surface area (Å²) in [4.78, 5) is 26.5. The van der Waals surface area contributed by atoms with E-state index in [1.807, 2.05) is 26.0 Å². The highest BCUT2D eigenvalue weighted by Gasteiger charge is 2.11. The SMILES string of the molecule is CCN(CC)c1cc(C(=O)NCc2cccnc2)ncn1. The number of rotatable bonds is 6. The molecule has 2 heterocycles. The first-order valence-electron chi connectivity index (χ1n) is 6.98. The zero-order chi connectivity index (χ0) is 15.1. The van der Waals surface area contributed by atoms with E-state index in [0.717, 1.165) is 24.5 Å². The van der Waals surface area contributed by atoms with Gasteiger partial charge in [0.25, 0.3) is 5.91 Å². The van der Waals surface area contributed by atoms with Crippen LogP contribution in [-0.2, 0) is 6.54 Å². The van der Waals surface area contributed by atoms with Crippen molar-refractivity contribution in [1.82, 2.24) is 20.3 Å². The molecular weight excluding hydrogens is 266 g/mol.